The monoisotopic (exact) mass is 509 g/mol. The number of benzene rings is 2. The molecule has 2 heterocycles. The number of aromatic hydroxyl groups is 1. The molecule has 186 valence electrons. The Morgan fingerprint density at radius 2 is 1.86 bits per heavy atom. The van der Waals surface area contributed by atoms with Gasteiger partial charge in [-0.05, 0) is 61.0 Å². The number of furan rings is 1. The van der Waals surface area contributed by atoms with Gasteiger partial charge in [0.05, 0.1) is 37.8 Å². The molecular weight excluding hydrogens is 486 g/mol. The number of rotatable bonds is 11. The smallest absolute Gasteiger partial charge is 0.250 e. The summed E-state index contributed by atoms with van der Waals surface area (Å²) in [4.78, 5) is 13.2. The van der Waals surface area contributed by atoms with Gasteiger partial charge >= 0.3 is 0 Å². The van der Waals surface area contributed by atoms with Gasteiger partial charge in [0.25, 0.3) is 0 Å². The van der Waals surface area contributed by atoms with E-state index < -0.39 is 0 Å². The molecule has 2 aromatic heterocycles. The molecule has 0 radical (unpaired) electrons. The van der Waals surface area contributed by atoms with E-state index in [1.54, 1.807) is 31.6 Å². The molecule has 0 aliphatic heterocycles. The molecule has 12 heteroatoms. The first kappa shape index (κ1) is 24.6. The van der Waals surface area contributed by atoms with Gasteiger partial charge in [-0.25, -0.2) is 5.43 Å². The summed E-state index contributed by atoms with van der Waals surface area (Å²) in [6, 6.07) is 14.2. The average Bonchev–Trinajstić information content (AvgIpc) is 3.40. The second kappa shape index (κ2) is 11.8. The van der Waals surface area contributed by atoms with E-state index >= 15 is 0 Å². The van der Waals surface area contributed by atoms with Gasteiger partial charge in [-0.2, -0.15) is 20.1 Å². The third-order valence-corrected chi connectivity index (χ3v) is 5.00. The van der Waals surface area contributed by atoms with Gasteiger partial charge in [0, 0.05) is 5.69 Å². The molecule has 0 aliphatic carbocycles. The van der Waals surface area contributed by atoms with Crippen LogP contribution < -0.4 is 25.5 Å². The number of nitrogens with one attached hydrogen (secondary N) is 3. The number of hydrogen-bond donors (Lipinski definition) is 4. The summed E-state index contributed by atoms with van der Waals surface area (Å²) in [6.45, 7) is 2.57. The molecule has 0 saturated carbocycles. The van der Waals surface area contributed by atoms with Gasteiger partial charge in [0.2, 0.25) is 17.8 Å². The first-order chi connectivity index (χ1) is 17.5. The van der Waals surface area contributed by atoms with Crippen LogP contribution in [-0.2, 0) is 6.54 Å². The summed E-state index contributed by atoms with van der Waals surface area (Å²) < 4.78 is 16.0. The van der Waals surface area contributed by atoms with Crippen LogP contribution in [0.5, 0.6) is 17.2 Å². The minimum absolute atomic E-state index is 0.123. The van der Waals surface area contributed by atoms with E-state index in [2.05, 4.69) is 36.1 Å². The van der Waals surface area contributed by atoms with Crippen LogP contribution in [0, 0.1) is 0 Å². The van der Waals surface area contributed by atoms with E-state index in [0.29, 0.717) is 30.6 Å². The molecule has 11 nitrogen and oxygen atoms in total. The van der Waals surface area contributed by atoms with E-state index in [0.717, 1.165) is 17.2 Å². The number of hydrogen-bond acceptors (Lipinski definition) is 11. The Morgan fingerprint density at radius 3 is 2.58 bits per heavy atom. The number of anilines is 4. The number of aromatic nitrogens is 3. The zero-order chi connectivity index (χ0) is 25.3. The Hall–Kier alpha value is -4.51. The van der Waals surface area contributed by atoms with Crippen LogP contribution in [0.4, 0.5) is 23.5 Å². The van der Waals surface area contributed by atoms with Crippen molar-refractivity contribution in [1.82, 2.24) is 15.0 Å². The highest BCUT2D eigenvalue weighted by Crippen LogP contribution is 2.34. The molecule has 0 fully saturated rings. The summed E-state index contributed by atoms with van der Waals surface area (Å²) in [5.41, 5.74) is 4.16. The first-order valence-corrected chi connectivity index (χ1v) is 11.3. The quantitative estimate of drug-likeness (QED) is 0.161. The van der Waals surface area contributed by atoms with Crippen LogP contribution in [0.1, 0.15) is 18.2 Å². The van der Waals surface area contributed by atoms with Gasteiger partial charge in [-0.15, -0.1) is 0 Å². The van der Waals surface area contributed by atoms with Crippen LogP contribution in [-0.4, -0.2) is 40.0 Å². The lowest BCUT2D eigenvalue weighted by Gasteiger charge is -2.10. The van der Waals surface area contributed by atoms with Gasteiger partial charge in [-0.1, -0.05) is 11.6 Å². The third-order valence-electron chi connectivity index (χ3n) is 4.71. The normalized spacial score (nSPS) is 10.9. The Bertz CT molecular complexity index is 1320. The van der Waals surface area contributed by atoms with Crippen molar-refractivity contribution in [1.29, 1.82) is 0 Å². The van der Waals surface area contributed by atoms with Crippen LogP contribution in [0.25, 0.3) is 0 Å². The number of methoxy groups -OCH3 is 1. The summed E-state index contributed by atoms with van der Waals surface area (Å²) in [7, 11) is 1.60. The fraction of sp³-hybridized carbons (Fsp3) is 0.167. The van der Waals surface area contributed by atoms with Gasteiger partial charge < -0.3 is 29.6 Å². The number of phenols is 1. The topological polar surface area (TPSA) is 139 Å². The van der Waals surface area contributed by atoms with Crippen molar-refractivity contribution in [2.45, 2.75) is 13.5 Å². The van der Waals surface area contributed by atoms with E-state index in [1.165, 1.54) is 6.21 Å². The number of phenolic OH excluding ortho intramolecular Hbond substituents is 1. The van der Waals surface area contributed by atoms with Crippen molar-refractivity contribution in [2.75, 3.05) is 29.8 Å². The zero-order valence-corrected chi connectivity index (χ0v) is 20.3. The maximum atomic E-state index is 10.0. The Labute approximate surface area is 212 Å². The third kappa shape index (κ3) is 6.54. The zero-order valence-electron chi connectivity index (χ0n) is 19.5. The van der Waals surface area contributed by atoms with Gasteiger partial charge in [-0.3, -0.25) is 0 Å². The van der Waals surface area contributed by atoms with Crippen LogP contribution in [0.3, 0.4) is 0 Å². The van der Waals surface area contributed by atoms with Crippen LogP contribution in [0.15, 0.2) is 64.3 Å². The average molecular weight is 510 g/mol. The largest absolute Gasteiger partial charge is 0.503 e. The highest BCUT2D eigenvalue weighted by molar-refractivity contribution is 6.32. The van der Waals surface area contributed by atoms with Crippen molar-refractivity contribution in [2.24, 2.45) is 5.10 Å². The Kier molecular flexibility index (Phi) is 8.04. The highest BCUT2D eigenvalue weighted by Gasteiger charge is 2.10. The van der Waals surface area contributed by atoms with E-state index in [9.17, 15) is 5.11 Å². The molecule has 4 aromatic rings. The number of ether oxygens (including phenoxy) is 2. The molecule has 4 N–H and O–H groups in total. The summed E-state index contributed by atoms with van der Waals surface area (Å²) in [5.74, 6) is 2.39. The minimum Gasteiger partial charge on any atom is -0.503 e. The van der Waals surface area contributed by atoms with Crippen molar-refractivity contribution in [3.8, 4) is 17.2 Å². The molecule has 0 unspecified atom stereocenters. The second-order valence-electron chi connectivity index (χ2n) is 7.25. The van der Waals surface area contributed by atoms with E-state index in [4.69, 9.17) is 25.5 Å². The van der Waals surface area contributed by atoms with Crippen molar-refractivity contribution in [3.63, 3.8) is 0 Å². The van der Waals surface area contributed by atoms with Crippen molar-refractivity contribution in [3.05, 3.63) is 71.1 Å². The lowest BCUT2D eigenvalue weighted by Crippen LogP contribution is -2.09. The Balaban J connectivity index is 1.54. The Morgan fingerprint density at radius 1 is 1.08 bits per heavy atom. The van der Waals surface area contributed by atoms with E-state index in [-0.39, 0.29) is 22.5 Å². The fourth-order valence-electron chi connectivity index (χ4n) is 3.04. The molecule has 0 amide bonds. The number of halogens is 1. The number of nitrogens with zero attached hydrogens (tertiary/aromatic N) is 4. The standard InChI is InChI=1S/C24H24ClN7O4/c1-3-35-20-12-15(11-19(25)21(20)33)13-27-32-24-30-22(26-14-18-5-4-10-36-18)29-23(31-24)28-16-6-8-17(34-2)9-7-16/h4-13,33H,3,14H2,1-2H3,(H3,26,28,29,30,31,32)/b27-13-. The molecule has 36 heavy (non-hydrogen) atoms. The maximum absolute atomic E-state index is 10.0. The second-order valence-corrected chi connectivity index (χ2v) is 7.65. The predicted octanol–water partition coefficient (Wildman–Crippen LogP) is 5.03. The molecule has 0 spiro atoms. The molecule has 0 saturated heterocycles. The molecule has 2 aromatic carbocycles. The summed E-state index contributed by atoms with van der Waals surface area (Å²) >= 11 is 6.09. The summed E-state index contributed by atoms with van der Waals surface area (Å²) in [6.07, 6.45) is 3.10. The molecule has 0 bridgehead atoms. The minimum atomic E-state index is -0.123. The first-order valence-electron chi connectivity index (χ1n) is 10.9. The molecule has 0 aliphatic rings. The fourth-order valence-corrected chi connectivity index (χ4v) is 3.26. The van der Waals surface area contributed by atoms with Gasteiger partial charge in [0.1, 0.15) is 11.5 Å². The van der Waals surface area contributed by atoms with Crippen LogP contribution in [0.2, 0.25) is 5.02 Å². The SMILES string of the molecule is CCOc1cc(/C=N\Nc2nc(NCc3ccco3)nc(Nc3ccc(OC)cc3)n2)cc(Cl)c1O. The lowest BCUT2D eigenvalue weighted by molar-refractivity contribution is 0.318. The molecule has 0 atom stereocenters. The van der Waals surface area contributed by atoms with Crippen molar-refractivity contribution < 1.29 is 19.0 Å². The summed E-state index contributed by atoms with van der Waals surface area (Å²) in [5, 5.41) is 20.6. The van der Waals surface area contributed by atoms with Crippen molar-refractivity contribution >= 4 is 41.3 Å². The van der Waals surface area contributed by atoms with Crippen LogP contribution >= 0.6 is 11.6 Å². The maximum Gasteiger partial charge on any atom is 0.250 e. The lowest BCUT2D eigenvalue weighted by atomic mass is 10.2. The molecular formula is C24H24ClN7O4. The van der Waals surface area contributed by atoms with E-state index in [1.807, 2.05) is 37.3 Å². The highest BCUT2D eigenvalue weighted by atomic mass is 35.5. The predicted molar refractivity (Wildman–Crippen MR) is 138 cm³/mol. The number of hydrazone groups is 1. The molecule has 4 rings (SSSR count). The van der Waals surface area contributed by atoms with Gasteiger partial charge in [0.15, 0.2) is 11.5 Å².